The molecule has 1 aromatic heterocycles. The minimum Gasteiger partial charge on any atom is -0.497 e. The highest BCUT2D eigenvalue weighted by Gasteiger charge is 2.25. The average molecular weight is 391 g/mol. The summed E-state index contributed by atoms with van der Waals surface area (Å²) in [5, 5.41) is 4.06. The molecule has 0 unspecified atom stereocenters. The smallest absolute Gasteiger partial charge is 0.265 e. The van der Waals surface area contributed by atoms with Crippen molar-refractivity contribution in [2.75, 3.05) is 25.2 Å². The first kappa shape index (κ1) is 18.7. The number of anilines is 1. The molecule has 0 N–H and O–H groups in total. The first-order chi connectivity index (χ1) is 14.2. The number of benzene rings is 2. The van der Waals surface area contributed by atoms with Crippen molar-refractivity contribution < 1.29 is 18.8 Å². The molecule has 0 spiro atoms. The summed E-state index contributed by atoms with van der Waals surface area (Å²) >= 11 is 0. The zero-order chi connectivity index (χ0) is 20.2. The van der Waals surface area contributed by atoms with Crippen molar-refractivity contribution >= 4 is 23.7 Å². The number of carbonyl (C=O) groups is 1. The highest BCUT2D eigenvalue weighted by atomic mass is 16.5. The largest absolute Gasteiger partial charge is 0.497 e. The van der Waals surface area contributed by atoms with E-state index < -0.39 is 0 Å². The summed E-state index contributed by atoms with van der Waals surface area (Å²) in [6.45, 7) is 2.74. The molecule has 148 valence electrons. The average Bonchev–Trinajstić information content (AvgIpc) is 3.23. The molecule has 0 aliphatic carbocycles. The Labute approximate surface area is 168 Å². The first-order valence-electron chi connectivity index (χ1n) is 9.41. The molecule has 1 aliphatic rings. The van der Waals surface area contributed by atoms with Gasteiger partial charge >= 0.3 is 0 Å². The van der Waals surface area contributed by atoms with Crippen LogP contribution in [0.1, 0.15) is 24.8 Å². The van der Waals surface area contributed by atoms with Crippen molar-refractivity contribution in [3.63, 3.8) is 0 Å². The monoisotopic (exact) mass is 391 g/mol. The Hall–Kier alpha value is -3.61. The normalized spacial score (nSPS) is 13.4. The van der Waals surface area contributed by atoms with Crippen molar-refractivity contribution in [3.8, 4) is 22.9 Å². The van der Waals surface area contributed by atoms with Crippen LogP contribution in [0, 0.1) is 0 Å². The van der Waals surface area contributed by atoms with Crippen molar-refractivity contribution in [2.24, 2.45) is 0 Å². The van der Waals surface area contributed by atoms with E-state index >= 15 is 0 Å². The molecule has 4 rings (SSSR count). The lowest BCUT2D eigenvalue weighted by atomic mass is 10.1. The van der Waals surface area contributed by atoms with Crippen LogP contribution in [0.2, 0.25) is 0 Å². The summed E-state index contributed by atoms with van der Waals surface area (Å²) in [7, 11) is 1.63. The van der Waals surface area contributed by atoms with Gasteiger partial charge in [-0.3, -0.25) is 4.79 Å². The van der Waals surface area contributed by atoms with Crippen LogP contribution in [0.5, 0.6) is 11.5 Å². The number of methoxy groups -OCH3 is 1. The first-order valence-corrected chi connectivity index (χ1v) is 9.41. The second kappa shape index (κ2) is 8.18. The van der Waals surface area contributed by atoms with Crippen LogP contribution in [0.3, 0.4) is 0 Å². The summed E-state index contributed by atoms with van der Waals surface area (Å²) in [6.07, 6.45) is 4.50. The maximum absolute atomic E-state index is 12.2. The Morgan fingerprint density at radius 3 is 2.76 bits per heavy atom. The molecule has 29 heavy (non-hydrogen) atoms. The van der Waals surface area contributed by atoms with Crippen molar-refractivity contribution in [1.29, 1.82) is 0 Å². The number of ether oxygens (including phenoxy) is 2. The third-order valence-corrected chi connectivity index (χ3v) is 4.58. The van der Waals surface area contributed by atoms with Crippen LogP contribution in [0.25, 0.3) is 23.5 Å². The van der Waals surface area contributed by atoms with E-state index in [0.29, 0.717) is 24.0 Å². The van der Waals surface area contributed by atoms with Gasteiger partial charge in [0.15, 0.2) is 6.61 Å². The molecule has 0 fully saturated rings. The molecule has 2 aromatic carbocycles. The fourth-order valence-electron chi connectivity index (χ4n) is 3.11. The van der Waals surface area contributed by atoms with E-state index in [2.05, 4.69) is 10.1 Å². The van der Waals surface area contributed by atoms with E-state index in [1.807, 2.05) is 55.5 Å². The Morgan fingerprint density at radius 2 is 2.00 bits per heavy atom. The fraction of sp³-hybridized carbons (Fsp3) is 0.227. The minimum absolute atomic E-state index is 0.0484. The molecule has 0 bridgehead atoms. The Morgan fingerprint density at radius 1 is 1.17 bits per heavy atom. The summed E-state index contributed by atoms with van der Waals surface area (Å²) in [5.74, 6) is 2.29. The lowest BCUT2D eigenvalue weighted by Crippen LogP contribution is -2.39. The van der Waals surface area contributed by atoms with E-state index in [0.717, 1.165) is 29.0 Å². The molecular formula is C22H21N3O4. The van der Waals surface area contributed by atoms with Gasteiger partial charge < -0.3 is 18.9 Å². The standard InChI is InChI=1S/C22H21N3O4/c1-3-12-25-18-13-16(7-10-19(18)28-14-21(25)26)22-23-20(29-24-22)11-6-15-4-8-17(27-2)9-5-15/h4-11,13H,3,12,14H2,1-2H3. The lowest BCUT2D eigenvalue weighted by Gasteiger charge is -2.29. The van der Waals surface area contributed by atoms with Gasteiger partial charge in [-0.05, 0) is 48.4 Å². The maximum Gasteiger partial charge on any atom is 0.265 e. The number of aromatic nitrogens is 2. The molecule has 1 aliphatic heterocycles. The predicted molar refractivity (Wildman–Crippen MR) is 110 cm³/mol. The lowest BCUT2D eigenvalue weighted by molar-refractivity contribution is -0.121. The summed E-state index contributed by atoms with van der Waals surface area (Å²) in [4.78, 5) is 18.4. The van der Waals surface area contributed by atoms with Crippen LogP contribution in [0.15, 0.2) is 47.0 Å². The van der Waals surface area contributed by atoms with E-state index in [4.69, 9.17) is 14.0 Å². The number of amides is 1. The van der Waals surface area contributed by atoms with Crippen LogP contribution < -0.4 is 14.4 Å². The molecular weight excluding hydrogens is 370 g/mol. The second-order valence-electron chi connectivity index (χ2n) is 6.58. The molecule has 7 heteroatoms. The van der Waals surface area contributed by atoms with Gasteiger partial charge in [-0.2, -0.15) is 4.98 Å². The second-order valence-corrected chi connectivity index (χ2v) is 6.58. The van der Waals surface area contributed by atoms with Gasteiger partial charge in [0.2, 0.25) is 5.82 Å². The number of nitrogens with zero attached hydrogens (tertiary/aromatic N) is 3. The van der Waals surface area contributed by atoms with Crippen LogP contribution >= 0.6 is 0 Å². The van der Waals surface area contributed by atoms with Crippen LogP contribution in [-0.2, 0) is 4.79 Å². The predicted octanol–water partition coefficient (Wildman–Crippen LogP) is 4.05. The number of hydrogen-bond donors (Lipinski definition) is 0. The molecule has 1 amide bonds. The molecule has 0 saturated heterocycles. The molecule has 0 atom stereocenters. The molecule has 2 heterocycles. The quantitative estimate of drug-likeness (QED) is 0.631. The number of rotatable bonds is 6. The zero-order valence-corrected chi connectivity index (χ0v) is 16.3. The van der Waals surface area contributed by atoms with Gasteiger partial charge in [-0.25, -0.2) is 0 Å². The number of carbonyl (C=O) groups excluding carboxylic acids is 1. The number of hydrogen-bond acceptors (Lipinski definition) is 6. The third kappa shape index (κ3) is 3.99. The molecule has 0 radical (unpaired) electrons. The van der Waals surface area contributed by atoms with Crippen LogP contribution in [-0.4, -0.2) is 36.3 Å². The van der Waals surface area contributed by atoms with E-state index in [1.54, 1.807) is 18.1 Å². The Balaban J connectivity index is 1.56. The third-order valence-electron chi connectivity index (χ3n) is 4.58. The zero-order valence-electron chi connectivity index (χ0n) is 16.3. The van der Waals surface area contributed by atoms with Gasteiger partial charge in [0.25, 0.3) is 11.8 Å². The summed E-state index contributed by atoms with van der Waals surface area (Å²) in [6, 6.07) is 13.2. The van der Waals surface area contributed by atoms with Crippen molar-refractivity contribution in [2.45, 2.75) is 13.3 Å². The van der Waals surface area contributed by atoms with Crippen LogP contribution in [0.4, 0.5) is 5.69 Å². The van der Waals surface area contributed by atoms with Gasteiger partial charge in [0.05, 0.1) is 12.8 Å². The van der Waals surface area contributed by atoms with Crippen molar-refractivity contribution in [1.82, 2.24) is 10.1 Å². The topological polar surface area (TPSA) is 77.7 Å². The summed E-state index contributed by atoms with van der Waals surface area (Å²) in [5.41, 5.74) is 2.49. The minimum atomic E-state index is -0.0484. The highest BCUT2D eigenvalue weighted by Crippen LogP contribution is 2.35. The van der Waals surface area contributed by atoms with Crippen molar-refractivity contribution in [3.05, 3.63) is 53.9 Å². The molecule has 7 nitrogen and oxygen atoms in total. The molecule has 0 saturated carbocycles. The van der Waals surface area contributed by atoms with E-state index in [-0.39, 0.29) is 12.5 Å². The van der Waals surface area contributed by atoms with Gasteiger partial charge in [0, 0.05) is 18.2 Å². The van der Waals surface area contributed by atoms with E-state index in [9.17, 15) is 4.79 Å². The van der Waals surface area contributed by atoms with Gasteiger partial charge in [0.1, 0.15) is 11.5 Å². The molecule has 3 aromatic rings. The van der Waals surface area contributed by atoms with Gasteiger partial charge in [-0.15, -0.1) is 0 Å². The number of fused-ring (bicyclic) bond motifs is 1. The Bertz CT molecular complexity index is 1040. The maximum atomic E-state index is 12.2. The van der Waals surface area contributed by atoms with E-state index in [1.165, 1.54) is 0 Å². The highest BCUT2D eigenvalue weighted by molar-refractivity contribution is 5.98. The Kier molecular flexibility index (Phi) is 5.29. The van der Waals surface area contributed by atoms with Gasteiger partial charge in [-0.1, -0.05) is 24.2 Å². The fourth-order valence-corrected chi connectivity index (χ4v) is 3.11. The summed E-state index contributed by atoms with van der Waals surface area (Å²) < 4.78 is 16.0. The SMILES string of the molecule is CCCN1C(=O)COc2ccc(-c3noc(C=Cc4ccc(OC)cc4)n3)cc21.